The number of benzene rings is 1. The van der Waals surface area contributed by atoms with E-state index in [0.29, 0.717) is 0 Å². The minimum atomic E-state index is 0.236. The van der Waals surface area contributed by atoms with Crippen LogP contribution in [0.2, 0.25) is 0 Å². The molecule has 0 saturated heterocycles. The zero-order valence-corrected chi connectivity index (χ0v) is 10.9. The van der Waals surface area contributed by atoms with Crippen LogP contribution in [0.5, 0.6) is 5.75 Å². The van der Waals surface area contributed by atoms with E-state index in [1.807, 2.05) is 24.3 Å². The summed E-state index contributed by atoms with van der Waals surface area (Å²) in [5.41, 5.74) is 1.21. The highest BCUT2D eigenvalue weighted by Crippen LogP contribution is 2.20. The zero-order valence-electron chi connectivity index (χ0n) is 10.9. The van der Waals surface area contributed by atoms with E-state index >= 15 is 0 Å². The number of nitrogens with one attached hydrogen (secondary N) is 1. The van der Waals surface area contributed by atoms with Gasteiger partial charge in [0, 0.05) is 0 Å². The van der Waals surface area contributed by atoms with E-state index in [1.165, 1.54) is 5.56 Å². The maximum Gasteiger partial charge on any atom is 0.123 e. The standard InChI is InChI=1S/C15H23NO/c1-4-8-14-9-6-7-10-15(14)17-13(3)11-12-16-5-2/h4,6-7,9-10,13,16H,1,5,8,11-12H2,2-3H3. The average molecular weight is 233 g/mol. The van der Waals surface area contributed by atoms with Crippen LogP contribution in [0.25, 0.3) is 0 Å². The van der Waals surface area contributed by atoms with Gasteiger partial charge in [-0.05, 0) is 44.5 Å². The van der Waals surface area contributed by atoms with Crippen molar-refractivity contribution in [2.45, 2.75) is 32.8 Å². The highest BCUT2D eigenvalue weighted by atomic mass is 16.5. The fourth-order valence-corrected chi connectivity index (χ4v) is 1.70. The average Bonchev–Trinajstić information content (AvgIpc) is 2.32. The van der Waals surface area contributed by atoms with E-state index < -0.39 is 0 Å². The van der Waals surface area contributed by atoms with Crippen LogP contribution in [0.15, 0.2) is 36.9 Å². The highest BCUT2D eigenvalue weighted by molar-refractivity contribution is 5.34. The first-order valence-corrected chi connectivity index (χ1v) is 6.34. The molecule has 0 aliphatic rings. The zero-order chi connectivity index (χ0) is 12.5. The van der Waals surface area contributed by atoms with E-state index in [1.54, 1.807) is 0 Å². The molecule has 17 heavy (non-hydrogen) atoms. The van der Waals surface area contributed by atoms with Gasteiger partial charge in [0.2, 0.25) is 0 Å². The summed E-state index contributed by atoms with van der Waals surface area (Å²) in [4.78, 5) is 0. The number of ether oxygens (including phenoxy) is 1. The Hall–Kier alpha value is -1.28. The maximum atomic E-state index is 5.96. The Morgan fingerprint density at radius 3 is 2.88 bits per heavy atom. The van der Waals surface area contributed by atoms with Crippen LogP contribution in [-0.2, 0) is 6.42 Å². The van der Waals surface area contributed by atoms with Gasteiger partial charge in [0.1, 0.15) is 5.75 Å². The Bertz CT molecular complexity index is 335. The molecule has 1 aromatic rings. The van der Waals surface area contributed by atoms with Crippen molar-refractivity contribution in [3.63, 3.8) is 0 Å². The van der Waals surface area contributed by atoms with Gasteiger partial charge in [0.25, 0.3) is 0 Å². The number of hydrogen-bond acceptors (Lipinski definition) is 2. The molecule has 0 radical (unpaired) electrons. The third-order valence-electron chi connectivity index (χ3n) is 2.64. The highest BCUT2D eigenvalue weighted by Gasteiger charge is 2.06. The molecular formula is C15H23NO. The summed E-state index contributed by atoms with van der Waals surface area (Å²) in [5.74, 6) is 0.983. The van der Waals surface area contributed by atoms with Gasteiger partial charge in [-0.15, -0.1) is 6.58 Å². The third kappa shape index (κ3) is 5.05. The van der Waals surface area contributed by atoms with Crippen LogP contribution >= 0.6 is 0 Å². The van der Waals surface area contributed by atoms with E-state index in [-0.39, 0.29) is 6.10 Å². The maximum absolute atomic E-state index is 5.96. The van der Waals surface area contributed by atoms with Crippen LogP contribution < -0.4 is 10.1 Å². The van der Waals surface area contributed by atoms with Crippen LogP contribution in [0, 0.1) is 0 Å². The molecular weight excluding hydrogens is 210 g/mol. The molecule has 2 nitrogen and oxygen atoms in total. The molecule has 0 bridgehead atoms. The Labute approximate surface area is 105 Å². The Morgan fingerprint density at radius 1 is 1.41 bits per heavy atom. The van der Waals surface area contributed by atoms with Crippen molar-refractivity contribution >= 4 is 0 Å². The van der Waals surface area contributed by atoms with Gasteiger partial charge in [-0.2, -0.15) is 0 Å². The van der Waals surface area contributed by atoms with Crippen molar-refractivity contribution in [1.82, 2.24) is 5.32 Å². The fourth-order valence-electron chi connectivity index (χ4n) is 1.70. The van der Waals surface area contributed by atoms with E-state index in [0.717, 1.165) is 31.7 Å². The summed E-state index contributed by atoms with van der Waals surface area (Å²) >= 11 is 0. The van der Waals surface area contributed by atoms with Gasteiger partial charge in [-0.3, -0.25) is 0 Å². The van der Waals surface area contributed by atoms with Crippen molar-refractivity contribution < 1.29 is 4.74 Å². The second kappa shape index (κ2) is 7.91. The SMILES string of the molecule is C=CCc1ccccc1OC(C)CCNCC. The summed E-state index contributed by atoms with van der Waals surface area (Å²) < 4.78 is 5.96. The first-order valence-electron chi connectivity index (χ1n) is 6.34. The number of para-hydroxylation sites is 1. The van der Waals surface area contributed by atoms with E-state index in [9.17, 15) is 0 Å². The lowest BCUT2D eigenvalue weighted by molar-refractivity contribution is 0.208. The number of allylic oxidation sites excluding steroid dienone is 1. The molecule has 0 fully saturated rings. The van der Waals surface area contributed by atoms with Crippen LogP contribution in [0.3, 0.4) is 0 Å². The smallest absolute Gasteiger partial charge is 0.123 e. The predicted molar refractivity (Wildman–Crippen MR) is 73.6 cm³/mol. The minimum Gasteiger partial charge on any atom is -0.490 e. The third-order valence-corrected chi connectivity index (χ3v) is 2.64. The van der Waals surface area contributed by atoms with Crippen molar-refractivity contribution in [1.29, 1.82) is 0 Å². The first-order chi connectivity index (χ1) is 8.27. The van der Waals surface area contributed by atoms with Gasteiger partial charge >= 0.3 is 0 Å². The number of rotatable bonds is 8. The predicted octanol–water partition coefficient (Wildman–Crippen LogP) is 3.18. The molecule has 2 heteroatoms. The lowest BCUT2D eigenvalue weighted by Gasteiger charge is -2.17. The summed E-state index contributed by atoms with van der Waals surface area (Å²) in [6.07, 6.45) is 4.03. The Balaban J connectivity index is 2.51. The molecule has 1 rings (SSSR count). The van der Waals surface area contributed by atoms with Gasteiger partial charge in [0.05, 0.1) is 6.10 Å². The lowest BCUT2D eigenvalue weighted by atomic mass is 10.1. The van der Waals surface area contributed by atoms with Crippen molar-refractivity contribution in [2.24, 2.45) is 0 Å². The minimum absolute atomic E-state index is 0.236. The topological polar surface area (TPSA) is 21.3 Å². The second-order valence-corrected chi connectivity index (χ2v) is 4.17. The van der Waals surface area contributed by atoms with Crippen molar-refractivity contribution in [3.05, 3.63) is 42.5 Å². The second-order valence-electron chi connectivity index (χ2n) is 4.17. The molecule has 0 aliphatic heterocycles. The van der Waals surface area contributed by atoms with Gasteiger partial charge in [-0.1, -0.05) is 31.2 Å². The molecule has 94 valence electrons. The summed E-state index contributed by atoms with van der Waals surface area (Å²) in [7, 11) is 0. The summed E-state index contributed by atoms with van der Waals surface area (Å²) in [6, 6.07) is 8.17. The quantitative estimate of drug-likeness (QED) is 0.550. The molecule has 1 unspecified atom stereocenters. The molecule has 0 amide bonds. The normalized spacial score (nSPS) is 12.1. The molecule has 1 N–H and O–H groups in total. The number of hydrogen-bond donors (Lipinski definition) is 1. The molecule has 0 aromatic heterocycles. The molecule has 0 aliphatic carbocycles. The van der Waals surface area contributed by atoms with E-state index in [2.05, 4.69) is 31.8 Å². The summed E-state index contributed by atoms with van der Waals surface area (Å²) in [6.45, 7) is 10.0. The lowest BCUT2D eigenvalue weighted by Crippen LogP contribution is -2.22. The molecule has 0 spiro atoms. The molecule has 1 aromatic carbocycles. The Kier molecular flexibility index (Phi) is 6.41. The van der Waals surface area contributed by atoms with Gasteiger partial charge < -0.3 is 10.1 Å². The van der Waals surface area contributed by atoms with Crippen LogP contribution in [-0.4, -0.2) is 19.2 Å². The summed E-state index contributed by atoms with van der Waals surface area (Å²) in [5, 5.41) is 3.31. The molecule has 1 atom stereocenters. The van der Waals surface area contributed by atoms with E-state index in [4.69, 9.17) is 4.74 Å². The monoisotopic (exact) mass is 233 g/mol. The largest absolute Gasteiger partial charge is 0.490 e. The Morgan fingerprint density at radius 2 is 2.18 bits per heavy atom. The van der Waals surface area contributed by atoms with Crippen molar-refractivity contribution in [2.75, 3.05) is 13.1 Å². The van der Waals surface area contributed by atoms with Crippen LogP contribution in [0.4, 0.5) is 0 Å². The van der Waals surface area contributed by atoms with Gasteiger partial charge in [-0.25, -0.2) is 0 Å². The van der Waals surface area contributed by atoms with Crippen molar-refractivity contribution in [3.8, 4) is 5.75 Å². The molecule has 0 heterocycles. The molecule has 0 saturated carbocycles. The first kappa shape index (κ1) is 13.8. The van der Waals surface area contributed by atoms with Crippen LogP contribution in [0.1, 0.15) is 25.8 Å². The fraction of sp³-hybridized carbons (Fsp3) is 0.467. The van der Waals surface area contributed by atoms with Gasteiger partial charge in [0.15, 0.2) is 0 Å².